The van der Waals surface area contributed by atoms with Gasteiger partial charge in [-0.25, -0.2) is 8.78 Å². The molecular weight excluding hydrogens is 244 g/mol. The number of halogens is 2. The topological polar surface area (TPSA) is 23.8 Å². The second-order valence-electron chi connectivity index (χ2n) is 5.75. The summed E-state index contributed by atoms with van der Waals surface area (Å²) in [6.07, 6.45) is 1.35. The summed E-state index contributed by atoms with van der Waals surface area (Å²) in [4.78, 5) is 0. The van der Waals surface area contributed by atoms with Crippen molar-refractivity contribution in [2.45, 2.75) is 57.3 Å². The number of hydrogen-bond donors (Lipinski definition) is 0. The van der Waals surface area contributed by atoms with Gasteiger partial charge < -0.3 is 0 Å². The van der Waals surface area contributed by atoms with Crippen molar-refractivity contribution in [2.24, 2.45) is 0 Å². The standard InChI is InChI=1S/C16H19F2N/c1-4-16(17,18)14-8-12(11(2)3)7-13(9-14)15(10-19)5-6-15/h7-9,11H,4-6H2,1-3H3. The summed E-state index contributed by atoms with van der Waals surface area (Å²) < 4.78 is 27.9. The molecule has 1 aromatic carbocycles. The van der Waals surface area contributed by atoms with E-state index >= 15 is 0 Å². The highest BCUT2D eigenvalue weighted by atomic mass is 19.3. The van der Waals surface area contributed by atoms with Crippen LogP contribution in [0.2, 0.25) is 0 Å². The molecule has 0 amide bonds. The molecule has 1 aromatic rings. The maximum atomic E-state index is 13.9. The van der Waals surface area contributed by atoms with Crippen molar-refractivity contribution in [3.63, 3.8) is 0 Å². The van der Waals surface area contributed by atoms with Crippen LogP contribution in [0.5, 0.6) is 0 Å². The molecule has 0 atom stereocenters. The normalized spacial score (nSPS) is 17.3. The fourth-order valence-corrected chi connectivity index (χ4v) is 2.27. The summed E-state index contributed by atoms with van der Waals surface area (Å²) in [5, 5.41) is 9.25. The first kappa shape index (κ1) is 14.0. The lowest BCUT2D eigenvalue weighted by atomic mass is 9.88. The second-order valence-corrected chi connectivity index (χ2v) is 5.75. The van der Waals surface area contributed by atoms with E-state index in [1.165, 1.54) is 13.0 Å². The van der Waals surface area contributed by atoms with Gasteiger partial charge in [0.2, 0.25) is 0 Å². The first-order valence-corrected chi connectivity index (χ1v) is 6.79. The molecule has 1 saturated carbocycles. The van der Waals surface area contributed by atoms with Gasteiger partial charge in [-0.05, 0) is 42.0 Å². The van der Waals surface area contributed by atoms with E-state index in [1.807, 2.05) is 19.9 Å². The molecule has 1 nitrogen and oxygen atoms in total. The average Bonchev–Trinajstić information content (AvgIpc) is 3.19. The van der Waals surface area contributed by atoms with E-state index in [9.17, 15) is 14.0 Å². The van der Waals surface area contributed by atoms with Crippen molar-refractivity contribution >= 4 is 0 Å². The molecule has 1 aliphatic carbocycles. The molecule has 0 aromatic heterocycles. The summed E-state index contributed by atoms with van der Waals surface area (Å²) in [5.74, 6) is -2.63. The van der Waals surface area contributed by atoms with Crippen molar-refractivity contribution in [1.29, 1.82) is 5.26 Å². The van der Waals surface area contributed by atoms with Crippen LogP contribution in [0, 0.1) is 11.3 Å². The van der Waals surface area contributed by atoms with Crippen LogP contribution in [-0.2, 0) is 11.3 Å². The molecule has 0 unspecified atom stereocenters. The van der Waals surface area contributed by atoms with Crippen LogP contribution in [0.1, 0.15) is 62.6 Å². The average molecular weight is 263 g/mol. The minimum Gasteiger partial charge on any atom is -0.201 e. The molecule has 0 bridgehead atoms. The Balaban J connectivity index is 2.55. The van der Waals surface area contributed by atoms with Crippen LogP contribution in [0.15, 0.2) is 18.2 Å². The minimum atomic E-state index is -2.81. The highest BCUT2D eigenvalue weighted by Gasteiger charge is 2.46. The maximum absolute atomic E-state index is 13.9. The third kappa shape index (κ3) is 2.49. The van der Waals surface area contributed by atoms with E-state index in [2.05, 4.69) is 6.07 Å². The fourth-order valence-electron chi connectivity index (χ4n) is 2.27. The molecule has 2 rings (SSSR count). The van der Waals surface area contributed by atoms with Gasteiger partial charge in [0, 0.05) is 12.0 Å². The van der Waals surface area contributed by atoms with E-state index < -0.39 is 11.3 Å². The summed E-state index contributed by atoms with van der Waals surface area (Å²) in [6, 6.07) is 7.34. The van der Waals surface area contributed by atoms with Gasteiger partial charge >= 0.3 is 0 Å². The number of nitrogens with zero attached hydrogens (tertiary/aromatic N) is 1. The van der Waals surface area contributed by atoms with E-state index in [-0.39, 0.29) is 17.9 Å². The van der Waals surface area contributed by atoms with Gasteiger partial charge in [-0.2, -0.15) is 5.26 Å². The minimum absolute atomic E-state index is 0.0534. The van der Waals surface area contributed by atoms with Crippen LogP contribution in [0.3, 0.4) is 0 Å². The zero-order valence-corrected chi connectivity index (χ0v) is 11.6. The molecule has 0 aliphatic heterocycles. The number of alkyl halides is 2. The molecule has 0 heterocycles. The summed E-state index contributed by atoms with van der Waals surface area (Å²) >= 11 is 0. The summed E-state index contributed by atoms with van der Waals surface area (Å²) in [6.45, 7) is 5.46. The van der Waals surface area contributed by atoms with E-state index in [0.717, 1.165) is 24.0 Å². The second kappa shape index (κ2) is 4.59. The van der Waals surface area contributed by atoms with Gasteiger partial charge in [0.05, 0.1) is 11.5 Å². The molecule has 1 aliphatic rings. The molecule has 0 radical (unpaired) electrons. The first-order valence-electron chi connectivity index (χ1n) is 6.79. The lowest BCUT2D eigenvalue weighted by Gasteiger charge is -2.20. The van der Waals surface area contributed by atoms with Gasteiger partial charge in [-0.1, -0.05) is 26.8 Å². The maximum Gasteiger partial charge on any atom is 0.273 e. The SMILES string of the molecule is CCC(F)(F)c1cc(C(C)C)cc(C2(C#N)CC2)c1. The quantitative estimate of drug-likeness (QED) is 0.760. The lowest BCUT2D eigenvalue weighted by Crippen LogP contribution is -2.15. The van der Waals surface area contributed by atoms with E-state index in [0.29, 0.717) is 0 Å². The van der Waals surface area contributed by atoms with Crippen LogP contribution >= 0.6 is 0 Å². The number of benzene rings is 1. The Morgan fingerprint density at radius 2 is 1.95 bits per heavy atom. The lowest BCUT2D eigenvalue weighted by molar-refractivity contribution is -0.00845. The third-order valence-corrected chi connectivity index (χ3v) is 4.00. The summed E-state index contributed by atoms with van der Waals surface area (Å²) in [7, 11) is 0. The highest BCUT2D eigenvalue weighted by molar-refractivity contribution is 5.45. The van der Waals surface area contributed by atoms with E-state index in [1.54, 1.807) is 6.07 Å². The van der Waals surface area contributed by atoms with Gasteiger partial charge in [0.25, 0.3) is 5.92 Å². The van der Waals surface area contributed by atoms with Crippen LogP contribution < -0.4 is 0 Å². The fraction of sp³-hybridized carbons (Fsp3) is 0.562. The van der Waals surface area contributed by atoms with Crippen LogP contribution in [-0.4, -0.2) is 0 Å². The molecule has 102 valence electrons. The zero-order valence-electron chi connectivity index (χ0n) is 11.6. The molecule has 0 spiro atoms. The Bertz CT molecular complexity index is 522. The number of hydrogen-bond acceptors (Lipinski definition) is 1. The molecule has 3 heteroatoms. The van der Waals surface area contributed by atoms with Crippen LogP contribution in [0.4, 0.5) is 8.78 Å². The Kier molecular flexibility index (Phi) is 3.38. The molecular formula is C16H19F2N. The van der Waals surface area contributed by atoms with E-state index in [4.69, 9.17) is 0 Å². The van der Waals surface area contributed by atoms with Gasteiger partial charge in [-0.15, -0.1) is 0 Å². The van der Waals surface area contributed by atoms with Gasteiger partial charge in [0.1, 0.15) is 0 Å². The molecule has 19 heavy (non-hydrogen) atoms. The van der Waals surface area contributed by atoms with Crippen molar-refractivity contribution in [3.8, 4) is 6.07 Å². The Morgan fingerprint density at radius 3 is 2.37 bits per heavy atom. The van der Waals surface area contributed by atoms with Crippen molar-refractivity contribution in [1.82, 2.24) is 0 Å². The smallest absolute Gasteiger partial charge is 0.201 e. The van der Waals surface area contributed by atoms with Crippen molar-refractivity contribution in [2.75, 3.05) is 0 Å². The molecule has 0 N–H and O–H groups in total. The molecule has 0 saturated heterocycles. The highest BCUT2D eigenvalue weighted by Crippen LogP contribution is 2.49. The predicted octanol–water partition coefficient (Wildman–Crippen LogP) is 4.87. The predicted molar refractivity (Wildman–Crippen MR) is 71.2 cm³/mol. The van der Waals surface area contributed by atoms with Crippen molar-refractivity contribution in [3.05, 3.63) is 34.9 Å². The monoisotopic (exact) mass is 263 g/mol. The third-order valence-electron chi connectivity index (χ3n) is 4.00. The van der Waals surface area contributed by atoms with Gasteiger partial charge in [-0.3, -0.25) is 0 Å². The Labute approximate surface area is 113 Å². The first-order chi connectivity index (χ1) is 8.84. The molecule has 1 fully saturated rings. The summed E-state index contributed by atoms with van der Waals surface area (Å²) in [5.41, 5.74) is 1.20. The Morgan fingerprint density at radius 1 is 1.32 bits per heavy atom. The number of nitriles is 1. The zero-order chi connectivity index (χ0) is 14.3. The van der Waals surface area contributed by atoms with Crippen molar-refractivity contribution < 1.29 is 8.78 Å². The largest absolute Gasteiger partial charge is 0.273 e. The van der Waals surface area contributed by atoms with Gasteiger partial charge in [0.15, 0.2) is 0 Å². The van der Waals surface area contributed by atoms with Crippen LogP contribution in [0.25, 0.3) is 0 Å². The Hall–Kier alpha value is -1.43. The number of rotatable bonds is 4.